The molecule has 13 rings (SSSR count). The number of fused-ring (bicyclic) bond motifs is 13. The summed E-state index contributed by atoms with van der Waals surface area (Å²) in [5, 5.41) is 0. The Balaban J connectivity index is 1.01. The van der Waals surface area contributed by atoms with Crippen molar-refractivity contribution in [1.82, 2.24) is 9.15 Å². The molecular formula is C51H36N4+2. The van der Waals surface area contributed by atoms with Crippen LogP contribution in [-0.4, -0.2) is 23.5 Å². The van der Waals surface area contributed by atoms with Crippen molar-refractivity contribution >= 4 is 68.1 Å². The van der Waals surface area contributed by atoms with Crippen LogP contribution >= 0.6 is 0 Å². The van der Waals surface area contributed by atoms with Crippen molar-refractivity contribution in [3.8, 4) is 11.1 Å². The maximum atomic E-state index is 2.54. The molecule has 4 heteroatoms. The van der Waals surface area contributed by atoms with Gasteiger partial charge < -0.3 is 9.80 Å². The van der Waals surface area contributed by atoms with E-state index < -0.39 is 0 Å². The standard InChI is InChI=1S/C51H36N4/c1-51(2)39-27-25-31(52-43-19-7-9-21-45(43)54-41-17-5-3-13-33(41)35-15-11-23-47(52)49(35)54)29-37(39)38-30-32(26-28-40(38)51)53-44-20-8-10-22-46(44)55-42-18-6-4-14-34(42)36-16-12-24-48(53)50(36)55/h3-30,49-50H,1-2H3/q+2. The summed E-state index contributed by atoms with van der Waals surface area (Å²) in [5.41, 5.74) is 23.0. The molecular weight excluding hydrogens is 669 g/mol. The molecule has 0 radical (unpaired) electrons. The molecule has 0 saturated heterocycles. The summed E-state index contributed by atoms with van der Waals surface area (Å²) in [6.45, 7) is 4.77. The van der Waals surface area contributed by atoms with Gasteiger partial charge >= 0.3 is 0 Å². The second kappa shape index (κ2) is 10.2. The summed E-state index contributed by atoms with van der Waals surface area (Å²) in [5.74, 6) is 0. The van der Waals surface area contributed by atoms with E-state index in [2.05, 4.69) is 203 Å². The molecule has 4 nitrogen and oxygen atoms in total. The smallest absolute Gasteiger partial charge is 0.235 e. The van der Waals surface area contributed by atoms with Gasteiger partial charge in [-0.15, -0.1) is 0 Å². The summed E-state index contributed by atoms with van der Waals surface area (Å²) in [4.78, 5) is 5.09. The molecule has 0 aromatic heterocycles. The predicted molar refractivity (Wildman–Crippen MR) is 229 cm³/mol. The fraction of sp³-hybridized carbons (Fsp3) is 0.0980. The average Bonchev–Trinajstić information content (AvgIpc) is 3.83. The molecule has 0 spiro atoms. The normalized spacial score (nSPS) is 20.5. The molecule has 2 unspecified atom stereocenters. The molecule has 0 fully saturated rings. The molecule has 3 aliphatic carbocycles. The highest BCUT2D eigenvalue weighted by Crippen LogP contribution is 2.56. The highest BCUT2D eigenvalue weighted by atomic mass is 15.3. The number of anilines is 4. The molecule has 6 aromatic rings. The van der Waals surface area contributed by atoms with Gasteiger partial charge in [0.2, 0.25) is 34.2 Å². The molecule has 2 atom stereocenters. The first-order chi connectivity index (χ1) is 27.1. The molecule has 4 aliphatic heterocycles. The van der Waals surface area contributed by atoms with Crippen LogP contribution < -0.4 is 19.0 Å². The molecule has 258 valence electrons. The molecule has 0 amide bonds. The van der Waals surface area contributed by atoms with Crippen LogP contribution in [0, 0.1) is 0 Å². The number of allylic oxidation sites excluding steroid dienone is 4. The van der Waals surface area contributed by atoms with E-state index >= 15 is 0 Å². The molecule has 7 aliphatic rings. The van der Waals surface area contributed by atoms with Gasteiger partial charge in [0.1, 0.15) is 23.5 Å². The van der Waals surface area contributed by atoms with E-state index in [1.54, 1.807) is 0 Å². The predicted octanol–water partition coefficient (Wildman–Crippen LogP) is 11.5. The highest BCUT2D eigenvalue weighted by Gasteiger charge is 2.50. The number of benzene rings is 6. The van der Waals surface area contributed by atoms with Crippen LogP contribution in [0.25, 0.3) is 22.3 Å². The third kappa shape index (κ3) is 3.62. The Morgan fingerprint density at radius 1 is 0.455 bits per heavy atom. The highest BCUT2D eigenvalue weighted by molar-refractivity contribution is 6.22. The zero-order chi connectivity index (χ0) is 36.2. The Morgan fingerprint density at radius 2 is 0.873 bits per heavy atom. The first kappa shape index (κ1) is 29.6. The Kier molecular flexibility index (Phi) is 5.52. The van der Waals surface area contributed by atoms with Crippen molar-refractivity contribution in [3.05, 3.63) is 192 Å². The van der Waals surface area contributed by atoms with Crippen LogP contribution in [0.1, 0.15) is 36.1 Å². The summed E-state index contributed by atoms with van der Waals surface area (Å²) < 4.78 is 5.04. The molecule has 0 bridgehead atoms. The van der Waals surface area contributed by atoms with Crippen LogP contribution in [0.4, 0.5) is 45.5 Å². The SMILES string of the molecule is CC1(C)c2ccc([N+]3=C4C=CC=C5c6ccccc6N(c6ccccc63)C54)cc2-c2cc([N+]3=C4C=CC=C5c6ccccc6N(c6ccccc63)C54)ccc21. The second-order valence-corrected chi connectivity index (χ2v) is 16.1. The van der Waals surface area contributed by atoms with Gasteiger partial charge in [0, 0.05) is 65.1 Å². The Hall–Kier alpha value is -6.78. The first-order valence-electron chi connectivity index (χ1n) is 19.4. The molecule has 0 saturated carbocycles. The summed E-state index contributed by atoms with van der Waals surface area (Å²) in [6.07, 6.45) is 13.7. The first-order valence-corrected chi connectivity index (χ1v) is 19.4. The Morgan fingerprint density at radius 3 is 1.35 bits per heavy atom. The van der Waals surface area contributed by atoms with Crippen LogP contribution in [0.15, 0.2) is 170 Å². The van der Waals surface area contributed by atoms with Gasteiger partial charge in [-0.05, 0) is 57.7 Å². The van der Waals surface area contributed by atoms with E-state index in [1.165, 1.54) is 101 Å². The van der Waals surface area contributed by atoms with Crippen LogP contribution in [-0.2, 0) is 5.41 Å². The number of hydrogen-bond acceptors (Lipinski definition) is 2. The van der Waals surface area contributed by atoms with Crippen molar-refractivity contribution in [3.63, 3.8) is 0 Å². The topological polar surface area (TPSA) is 12.5 Å². The third-order valence-electron chi connectivity index (χ3n) is 13.1. The van der Waals surface area contributed by atoms with E-state index in [4.69, 9.17) is 0 Å². The fourth-order valence-electron chi connectivity index (χ4n) is 10.9. The number of para-hydroxylation sites is 6. The zero-order valence-electron chi connectivity index (χ0n) is 30.6. The number of nitrogens with zero attached hydrogens (tertiary/aromatic N) is 4. The lowest BCUT2D eigenvalue weighted by molar-refractivity contribution is 0.660. The van der Waals surface area contributed by atoms with Crippen molar-refractivity contribution in [1.29, 1.82) is 0 Å². The van der Waals surface area contributed by atoms with Crippen molar-refractivity contribution < 1.29 is 0 Å². The van der Waals surface area contributed by atoms with Crippen molar-refractivity contribution in [2.75, 3.05) is 9.80 Å². The minimum Gasteiger partial charge on any atom is -0.318 e. The largest absolute Gasteiger partial charge is 0.318 e. The zero-order valence-corrected chi connectivity index (χ0v) is 30.6. The monoisotopic (exact) mass is 704 g/mol. The van der Waals surface area contributed by atoms with Gasteiger partial charge in [-0.25, -0.2) is 0 Å². The van der Waals surface area contributed by atoms with Gasteiger partial charge in [0.25, 0.3) is 0 Å². The Bertz CT molecular complexity index is 2780. The lowest BCUT2D eigenvalue weighted by Crippen LogP contribution is -2.43. The quantitative estimate of drug-likeness (QED) is 0.166. The maximum absolute atomic E-state index is 2.54. The average molecular weight is 705 g/mol. The van der Waals surface area contributed by atoms with Gasteiger partial charge in [-0.2, -0.15) is 9.15 Å². The number of hydrogen-bond donors (Lipinski definition) is 0. The van der Waals surface area contributed by atoms with E-state index in [9.17, 15) is 0 Å². The van der Waals surface area contributed by atoms with E-state index in [0.29, 0.717) is 0 Å². The van der Waals surface area contributed by atoms with Gasteiger partial charge in [0.05, 0.1) is 11.4 Å². The lowest BCUT2D eigenvalue weighted by atomic mass is 9.82. The molecule has 55 heavy (non-hydrogen) atoms. The minimum atomic E-state index is -0.128. The van der Waals surface area contributed by atoms with Gasteiger partial charge in [-0.3, -0.25) is 0 Å². The molecule has 6 aromatic carbocycles. The van der Waals surface area contributed by atoms with Crippen LogP contribution in [0.3, 0.4) is 0 Å². The van der Waals surface area contributed by atoms with Crippen LogP contribution in [0.5, 0.6) is 0 Å². The summed E-state index contributed by atoms with van der Waals surface area (Å²) in [7, 11) is 0. The van der Waals surface area contributed by atoms with E-state index in [0.717, 1.165) is 0 Å². The van der Waals surface area contributed by atoms with Gasteiger partial charge in [-0.1, -0.05) is 111 Å². The summed E-state index contributed by atoms with van der Waals surface area (Å²) in [6, 6.07) is 50.3. The maximum Gasteiger partial charge on any atom is 0.235 e. The minimum absolute atomic E-state index is 0.126. The second-order valence-electron chi connectivity index (χ2n) is 16.1. The number of rotatable bonds is 2. The van der Waals surface area contributed by atoms with E-state index in [-0.39, 0.29) is 17.5 Å². The van der Waals surface area contributed by atoms with Gasteiger partial charge in [0.15, 0.2) is 0 Å². The van der Waals surface area contributed by atoms with Crippen molar-refractivity contribution in [2.24, 2.45) is 0 Å². The lowest BCUT2D eigenvalue weighted by Gasteiger charge is -2.32. The fourth-order valence-corrected chi connectivity index (χ4v) is 10.9. The van der Waals surface area contributed by atoms with E-state index in [1.807, 2.05) is 0 Å². The van der Waals surface area contributed by atoms with Crippen LogP contribution in [0.2, 0.25) is 0 Å². The van der Waals surface area contributed by atoms with Crippen molar-refractivity contribution in [2.45, 2.75) is 31.3 Å². The Labute approximate surface area is 320 Å². The third-order valence-corrected chi connectivity index (χ3v) is 13.1. The molecule has 4 heterocycles. The summed E-state index contributed by atoms with van der Waals surface area (Å²) >= 11 is 0. The molecule has 0 N–H and O–H groups in total.